The van der Waals surface area contributed by atoms with Crippen LogP contribution >= 0.6 is 0 Å². The average molecular weight is 412 g/mol. The molecule has 1 N–H and O–H groups in total. The van der Waals surface area contributed by atoms with Crippen molar-refractivity contribution in [1.29, 1.82) is 0 Å². The van der Waals surface area contributed by atoms with Gasteiger partial charge in [-0.05, 0) is 55.4 Å². The van der Waals surface area contributed by atoms with Crippen LogP contribution in [0, 0.1) is 11.8 Å². The van der Waals surface area contributed by atoms with Crippen LogP contribution in [0.3, 0.4) is 0 Å². The Labute approximate surface area is 179 Å². The third-order valence-electron chi connectivity index (χ3n) is 7.30. The molecule has 1 aliphatic carbocycles. The van der Waals surface area contributed by atoms with Gasteiger partial charge in [-0.1, -0.05) is 26.7 Å². The predicted molar refractivity (Wildman–Crippen MR) is 116 cm³/mol. The molecule has 2 heterocycles. The van der Waals surface area contributed by atoms with E-state index in [9.17, 15) is 14.4 Å². The van der Waals surface area contributed by atoms with E-state index in [4.69, 9.17) is 0 Å². The van der Waals surface area contributed by atoms with Crippen molar-refractivity contribution in [3.8, 4) is 0 Å². The number of hydrogen-bond donors (Lipinski definition) is 1. The topological polar surface area (TPSA) is 69.7 Å². The van der Waals surface area contributed by atoms with E-state index in [1.54, 1.807) is 11.9 Å². The van der Waals surface area contributed by atoms with Crippen molar-refractivity contribution in [2.45, 2.75) is 57.8 Å². The van der Waals surface area contributed by atoms with Crippen molar-refractivity contribution < 1.29 is 14.4 Å². The van der Waals surface area contributed by atoms with Crippen LogP contribution in [0.4, 0.5) is 5.69 Å². The van der Waals surface area contributed by atoms with Crippen molar-refractivity contribution in [3.63, 3.8) is 0 Å². The maximum Gasteiger partial charge on any atom is 0.251 e. The molecular formula is C24H33N3O3. The molecular weight excluding hydrogens is 378 g/mol. The van der Waals surface area contributed by atoms with E-state index in [1.165, 1.54) is 25.7 Å². The predicted octanol–water partition coefficient (Wildman–Crippen LogP) is 3.10. The second-order valence-corrected chi connectivity index (χ2v) is 9.52. The largest absolute Gasteiger partial charge is 0.352 e. The quantitative estimate of drug-likeness (QED) is 0.828. The minimum atomic E-state index is -0.625. The van der Waals surface area contributed by atoms with E-state index in [0.717, 1.165) is 17.8 Å². The summed E-state index contributed by atoms with van der Waals surface area (Å²) in [6, 6.07) is 5.64. The first-order valence-corrected chi connectivity index (χ1v) is 11.3. The molecule has 3 aliphatic rings. The molecule has 3 amide bonds. The van der Waals surface area contributed by atoms with Crippen LogP contribution in [0.25, 0.3) is 0 Å². The Morgan fingerprint density at radius 1 is 1.17 bits per heavy atom. The lowest BCUT2D eigenvalue weighted by Crippen LogP contribution is -2.50. The Balaban J connectivity index is 1.54. The maximum absolute atomic E-state index is 13.3. The lowest BCUT2D eigenvalue weighted by atomic mass is 9.73. The smallest absolute Gasteiger partial charge is 0.251 e. The number of likely N-dealkylation sites (N-methyl/N-ethyl adjacent to an activating group) is 1. The number of piperidine rings is 1. The number of rotatable bonds is 4. The normalized spacial score (nSPS) is 20.9. The molecule has 1 saturated carbocycles. The lowest BCUT2D eigenvalue weighted by molar-refractivity contribution is -0.138. The minimum Gasteiger partial charge on any atom is -0.352 e. The van der Waals surface area contributed by atoms with Gasteiger partial charge in [-0.3, -0.25) is 14.4 Å². The fourth-order valence-corrected chi connectivity index (χ4v) is 5.41. The van der Waals surface area contributed by atoms with Gasteiger partial charge in [0, 0.05) is 43.9 Å². The number of nitrogens with zero attached hydrogens (tertiary/aromatic N) is 2. The molecule has 2 aliphatic heterocycles. The highest BCUT2D eigenvalue weighted by molar-refractivity contribution is 6.09. The van der Waals surface area contributed by atoms with Crippen molar-refractivity contribution in [2.75, 3.05) is 31.6 Å². The van der Waals surface area contributed by atoms with Crippen LogP contribution in [-0.4, -0.2) is 49.3 Å². The Morgan fingerprint density at radius 3 is 2.47 bits per heavy atom. The standard InChI is InChI=1S/C24H33N3O3/c1-16(2)22(29)27-12-10-24(11-13-27)19-14-18(8-9-20(19)26(3)23(24)30)21(28)25-15-17-6-4-5-7-17/h8-9,14,16-17H,4-7,10-13,15H2,1-3H3,(H,25,28). The van der Waals surface area contributed by atoms with Crippen LogP contribution in [0.2, 0.25) is 0 Å². The first-order valence-electron chi connectivity index (χ1n) is 11.3. The summed E-state index contributed by atoms with van der Waals surface area (Å²) in [4.78, 5) is 42.0. The molecule has 0 radical (unpaired) electrons. The van der Waals surface area contributed by atoms with Crippen LogP contribution < -0.4 is 10.2 Å². The Bertz CT molecular complexity index is 849. The number of fused-ring (bicyclic) bond motifs is 2. The minimum absolute atomic E-state index is 0.0385. The Hall–Kier alpha value is -2.37. The van der Waals surface area contributed by atoms with Crippen LogP contribution in [0.15, 0.2) is 18.2 Å². The van der Waals surface area contributed by atoms with Crippen molar-refractivity contribution >= 4 is 23.4 Å². The van der Waals surface area contributed by atoms with Crippen LogP contribution in [0.1, 0.15) is 68.3 Å². The Kier molecular flexibility index (Phi) is 5.60. The van der Waals surface area contributed by atoms with E-state index >= 15 is 0 Å². The zero-order chi connectivity index (χ0) is 21.5. The van der Waals surface area contributed by atoms with Gasteiger partial charge < -0.3 is 15.1 Å². The highest BCUT2D eigenvalue weighted by atomic mass is 16.2. The summed E-state index contributed by atoms with van der Waals surface area (Å²) in [6.45, 7) is 5.70. The number of amides is 3. The zero-order valence-corrected chi connectivity index (χ0v) is 18.4. The second-order valence-electron chi connectivity index (χ2n) is 9.52. The molecule has 1 aromatic rings. The van der Waals surface area contributed by atoms with Gasteiger partial charge in [0.05, 0.1) is 5.41 Å². The SMILES string of the molecule is CC(C)C(=O)N1CCC2(CC1)C(=O)N(C)c1ccc(C(=O)NCC3CCCC3)cc12. The van der Waals surface area contributed by atoms with Crippen molar-refractivity contribution in [3.05, 3.63) is 29.3 Å². The Morgan fingerprint density at radius 2 is 1.83 bits per heavy atom. The van der Waals surface area contributed by atoms with E-state index in [1.807, 2.05) is 36.9 Å². The lowest BCUT2D eigenvalue weighted by Gasteiger charge is -2.39. The van der Waals surface area contributed by atoms with Gasteiger partial charge in [-0.15, -0.1) is 0 Å². The highest BCUT2D eigenvalue weighted by Gasteiger charge is 2.51. The summed E-state index contributed by atoms with van der Waals surface area (Å²) in [5.41, 5.74) is 1.82. The number of carbonyl (C=O) groups excluding carboxylic acids is 3. The fourth-order valence-electron chi connectivity index (χ4n) is 5.41. The molecule has 0 aromatic heterocycles. The average Bonchev–Trinajstić information content (AvgIpc) is 3.34. The molecule has 0 unspecified atom stereocenters. The molecule has 1 spiro atoms. The molecule has 1 aromatic carbocycles. The molecule has 6 nitrogen and oxygen atoms in total. The monoisotopic (exact) mass is 411 g/mol. The van der Waals surface area contributed by atoms with Gasteiger partial charge in [0.15, 0.2) is 0 Å². The zero-order valence-electron chi connectivity index (χ0n) is 18.4. The second kappa shape index (κ2) is 8.05. The third kappa shape index (κ3) is 3.50. The van der Waals surface area contributed by atoms with Gasteiger partial charge in [0.1, 0.15) is 0 Å². The van der Waals surface area contributed by atoms with Gasteiger partial charge in [-0.25, -0.2) is 0 Å². The number of nitrogens with one attached hydrogen (secondary N) is 1. The van der Waals surface area contributed by atoms with Crippen molar-refractivity contribution in [1.82, 2.24) is 10.2 Å². The number of anilines is 1. The van der Waals surface area contributed by atoms with Gasteiger partial charge in [-0.2, -0.15) is 0 Å². The summed E-state index contributed by atoms with van der Waals surface area (Å²) in [5.74, 6) is 0.713. The molecule has 2 fully saturated rings. The third-order valence-corrected chi connectivity index (χ3v) is 7.30. The molecule has 30 heavy (non-hydrogen) atoms. The van der Waals surface area contributed by atoms with Gasteiger partial charge >= 0.3 is 0 Å². The summed E-state index contributed by atoms with van der Waals surface area (Å²) >= 11 is 0. The molecule has 0 atom stereocenters. The molecule has 4 rings (SSSR count). The van der Waals surface area contributed by atoms with Gasteiger partial charge in [0.25, 0.3) is 5.91 Å². The summed E-state index contributed by atoms with van der Waals surface area (Å²) in [6.07, 6.45) is 6.11. The van der Waals surface area contributed by atoms with Crippen LogP contribution in [0.5, 0.6) is 0 Å². The number of benzene rings is 1. The first kappa shape index (κ1) is 20.9. The maximum atomic E-state index is 13.3. The van der Waals surface area contributed by atoms with Crippen molar-refractivity contribution in [2.24, 2.45) is 11.8 Å². The molecule has 1 saturated heterocycles. The van der Waals surface area contributed by atoms with Crippen LogP contribution in [-0.2, 0) is 15.0 Å². The first-order chi connectivity index (χ1) is 14.3. The number of hydrogen-bond acceptors (Lipinski definition) is 3. The van der Waals surface area contributed by atoms with E-state index in [-0.39, 0.29) is 23.6 Å². The fraction of sp³-hybridized carbons (Fsp3) is 0.625. The van der Waals surface area contributed by atoms with Gasteiger partial charge in [0.2, 0.25) is 11.8 Å². The van der Waals surface area contributed by atoms with E-state index < -0.39 is 5.41 Å². The summed E-state index contributed by atoms with van der Waals surface area (Å²) in [7, 11) is 1.81. The van der Waals surface area contributed by atoms with E-state index in [0.29, 0.717) is 37.4 Å². The molecule has 0 bridgehead atoms. The summed E-state index contributed by atoms with van der Waals surface area (Å²) < 4.78 is 0. The molecule has 6 heteroatoms. The number of carbonyl (C=O) groups is 3. The number of likely N-dealkylation sites (tertiary alicyclic amines) is 1. The molecule has 162 valence electrons. The highest BCUT2D eigenvalue weighted by Crippen LogP contribution is 2.47. The summed E-state index contributed by atoms with van der Waals surface area (Å²) in [5, 5.41) is 3.09. The van der Waals surface area contributed by atoms with E-state index in [2.05, 4.69) is 5.32 Å².